The average molecular weight is 285 g/mol. The second kappa shape index (κ2) is 7.99. The van der Waals surface area contributed by atoms with E-state index in [-0.39, 0.29) is 0 Å². The van der Waals surface area contributed by atoms with E-state index in [4.69, 9.17) is 9.84 Å². The van der Waals surface area contributed by atoms with Crippen LogP contribution in [0.3, 0.4) is 0 Å². The van der Waals surface area contributed by atoms with Crippen molar-refractivity contribution in [3.63, 3.8) is 0 Å². The summed E-state index contributed by atoms with van der Waals surface area (Å²) in [6.45, 7) is 7.13. The zero-order valence-corrected chi connectivity index (χ0v) is 13.4. The number of nitrogens with one attached hydrogen (secondary N) is 1. The lowest BCUT2D eigenvalue weighted by atomic mass is 9.80. The van der Waals surface area contributed by atoms with Crippen LogP contribution < -0.4 is 5.32 Å². The van der Waals surface area contributed by atoms with Crippen LogP contribution in [-0.2, 0) is 9.53 Å². The molecule has 4 nitrogen and oxygen atoms in total. The predicted octanol–water partition coefficient (Wildman–Crippen LogP) is 3.06. The maximum atomic E-state index is 11.1. The van der Waals surface area contributed by atoms with Crippen LogP contribution in [0.2, 0.25) is 0 Å². The lowest BCUT2D eigenvalue weighted by Gasteiger charge is -2.32. The number of carboxylic acid groups (broad SMARTS) is 1. The molecule has 0 aromatic rings. The van der Waals surface area contributed by atoms with Crippen molar-refractivity contribution < 1.29 is 14.6 Å². The number of likely N-dealkylation sites (N-methyl/N-ethyl adjacent to an activating group) is 1. The summed E-state index contributed by atoms with van der Waals surface area (Å²) in [7, 11) is 1.70. The van der Waals surface area contributed by atoms with Gasteiger partial charge in [0, 0.05) is 6.61 Å². The Morgan fingerprint density at radius 2 is 2.00 bits per heavy atom. The maximum absolute atomic E-state index is 11.1. The zero-order valence-electron chi connectivity index (χ0n) is 13.4. The highest BCUT2D eigenvalue weighted by atomic mass is 16.5. The third kappa shape index (κ3) is 5.06. The molecule has 1 rings (SSSR count). The molecule has 0 bridgehead atoms. The van der Waals surface area contributed by atoms with Crippen LogP contribution in [0.1, 0.15) is 59.3 Å². The Labute approximate surface area is 123 Å². The third-order valence-electron chi connectivity index (χ3n) is 5.00. The van der Waals surface area contributed by atoms with Crippen molar-refractivity contribution in [2.24, 2.45) is 11.8 Å². The fourth-order valence-electron chi connectivity index (χ4n) is 2.82. The first-order chi connectivity index (χ1) is 9.39. The summed E-state index contributed by atoms with van der Waals surface area (Å²) in [5.74, 6) is 0.797. The van der Waals surface area contributed by atoms with E-state index in [9.17, 15) is 4.79 Å². The molecule has 0 aromatic carbocycles. The second-order valence-electron chi connectivity index (χ2n) is 6.60. The van der Waals surface area contributed by atoms with E-state index < -0.39 is 11.5 Å². The van der Waals surface area contributed by atoms with Crippen molar-refractivity contribution in [1.29, 1.82) is 0 Å². The first-order valence-electron chi connectivity index (χ1n) is 7.93. The highest BCUT2D eigenvalue weighted by Gasteiger charge is 2.30. The van der Waals surface area contributed by atoms with Gasteiger partial charge in [0.15, 0.2) is 0 Å². The normalized spacial score (nSPS) is 29.9. The van der Waals surface area contributed by atoms with E-state index in [0.717, 1.165) is 31.3 Å². The van der Waals surface area contributed by atoms with Crippen molar-refractivity contribution in [2.75, 3.05) is 13.7 Å². The van der Waals surface area contributed by atoms with Gasteiger partial charge >= 0.3 is 5.97 Å². The van der Waals surface area contributed by atoms with E-state index in [1.54, 1.807) is 14.0 Å². The van der Waals surface area contributed by atoms with Crippen LogP contribution in [0.25, 0.3) is 0 Å². The fourth-order valence-corrected chi connectivity index (χ4v) is 2.82. The minimum atomic E-state index is -0.811. The summed E-state index contributed by atoms with van der Waals surface area (Å²) in [4.78, 5) is 11.1. The largest absolute Gasteiger partial charge is 0.480 e. The molecule has 4 atom stereocenters. The van der Waals surface area contributed by atoms with Gasteiger partial charge in [0.05, 0.1) is 6.10 Å². The lowest BCUT2D eigenvalue weighted by molar-refractivity contribution is -0.144. The molecular formula is C16H31NO3. The van der Waals surface area contributed by atoms with E-state index in [0.29, 0.717) is 12.5 Å². The summed E-state index contributed by atoms with van der Waals surface area (Å²) in [5, 5.41) is 12.0. The molecule has 4 unspecified atom stereocenters. The molecule has 0 amide bonds. The van der Waals surface area contributed by atoms with E-state index in [1.165, 1.54) is 19.3 Å². The molecule has 1 aliphatic carbocycles. The third-order valence-corrected chi connectivity index (χ3v) is 5.00. The van der Waals surface area contributed by atoms with Crippen molar-refractivity contribution in [3.8, 4) is 0 Å². The molecule has 0 radical (unpaired) electrons. The fraction of sp³-hybridized carbons (Fsp3) is 0.938. The van der Waals surface area contributed by atoms with Gasteiger partial charge in [-0.05, 0) is 64.3 Å². The van der Waals surface area contributed by atoms with Gasteiger partial charge in [-0.2, -0.15) is 0 Å². The van der Waals surface area contributed by atoms with Gasteiger partial charge in [-0.15, -0.1) is 0 Å². The Morgan fingerprint density at radius 1 is 1.30 bits per heavy atom. The van der Waals surface area contributed by atoms with Crippen LogP contribution in [0.15, 0.2) is 0 Å². The summed E-state index contributed by atoms with van der Waals surface area (Å²) >= 11 is 0. The number of ether oxygens (including phenoxy) is 1. The smallest absolute Gasteiger partial charge is 0.323 e. The van der Waals surface area contributed by atoms with E-state index in [2.05, 4.69) is 19.2 Å². The topological polar surface area (TPSA) is 58.6 Å². The van der Waals surface area contributed by atoms with Gasteiger partial charge in [-0.3, -0.25) is 4.79 Å². The lowest BCUT2D eigenvalue weighted by Crippen LogP contribution is -2.47. The summed E-state index contributed by atoms with van der Waals surface area (Å²) in [5.41, 5.74) is -0.811. The molecular weight excluding hydrogens is 254 g/mol. The Bertz CT molecular complexity index is 308. The van der Waals surface area contributed by atoms with Gasteiger partial charge in [-0.25, -0.2) is 0 Å². The number of aliphatic carboxylic acids is 1. The highest BCUT2D eigenvalue weighted by molar-refractivity contribution is 5.78. The van der Waals surface area contributed by atoms with Crippen molar-refractivity contribution in [1.82, 2.24) is 5.32 Å². The Balaban J connectivity index is 2.15. The minimum absolute atomic E-state index is 0.413. The van der Waals surface area contributed by atoms with Crippen LogP contribution in [0, 0.1) is 11.8 Å². The molecule has 1 aliphatic rings. The predicted molar refractivity (Wildman–Crippen MR) is 80.9 cm³/mol. The molecule has 1 fully saturated rings. The van der Waals surface area contributed by atoms with Gasteiger partial charge < -0.3 is 15.2 Å². The quantitative estimate of drug-likeness (QED) is 0.673. The molecule has 0 aliphatic heterocycles. The maximum Gasteiger partial charge on any atom is 0.323 e. The van der Waals surface area contributed by atoms with E-state index in [1.807, 2.05) is 0 Å². The van der Waals surface area contributed by atoms with Crippen LogP contribution in [0.5, 0.6) is 0 Å². The molecule has 4 heteroatoms. The van der Waals surface area contributed by atoms with Gasteiger partial charge in [-0.1, -0.05) is 13.8 Å². The van der Waals surface area contributed by atoms with Crippen molar-refractivity contribution >= 4 is 5.97 Å². The van der Waals surface area contributed by atoms with E-state index >= 15 is 0 Å². The number of unbranched alkanes of at least 4 members (excludes halogenated alkanes) is 1. The summed E-state index contributed by atoms with van der Waals surface area (Å²) < 4.78 is 5.94. The molecule has 2 N–H and O–H groups in total. The standard InChI is InChI=1S/C16H31NO3/c1-12-7-8-14(11-13(12)2)20-10-6-5-9-16(3,17-4)15(18)19/h12-14,17H,5-11H2,1-4H3,(H,18,19). The number of hydrogen-bond donors (Lipinski definition) is 2. The molecule has 0 aromatic heterocycles. The van der Waals surface area contributed by atoms with Crippen LogP contribution >= 0.6 is 0 Å². The SMILES string of the molecule is CNC(C)(CCCCOC1CCC(C)C(C)C1)C(=O)O. The summed E-state index contributed by atoms with van der Waals surface area (Å²) in [6.07, 6.45) is 6.48. The second-order valence-corrected chi connectivity index (χ2v) is 6.60. The van der Waals surface area contributed by atoms with Gasteiger partial charge in [0.2, 0.25) is 0 Å². The van der Waals surface area contributed by atoms with Gasteiger partial charge in [0.1, 0.15) is 5.54 Å². The first-order valence-corrected chi connectivity index (χ1v) is 7.93. The van der Waals surface area contributed by atoms with Crippen LogP contribution in [0.4, 0.5) is 0 Å². The monoisotopic (exact) mass is 285 g/mol. The minimum Gasteiger partial charge on any atom is -0.480 e. The number of carboxylic acids is 1. The molecule has 0 spiro atoms. The number of hydrogen-bond acceptors (Lipinski definition) is 3. The molecule has 0 saturated heterocycles. The zero-order chi connectivity index (χ0) is 15.2. The van der Waals surface area contributed by atoms with Crippen LogP contribution in [-0.4, -0.2) is 36.4 Å². The number of rotatable bonds is 8. The summed E-state index contributed by atoms with van der Waals surface area (Å²) in [6, 6.07) is 0. The Hall–Kier alpha value is -0.610. The molecule has 0 heterocycles. The highest BCUT2D eigenvalue weighted by Crippen LogP contribution is 2.31. The first kappa shape index (κ1) is 17.4. The molecule has 20 heavy (non-hydrogen) atoms. The average Bonchev–Trinajstić information content (AvgIpc) is 2.41. The van der Waals surface area contributed by atoms with Crippen molar-refractivity contribution in [2.45, 2.75) is 70.9 Å². The number of carbonyl (C=O) groups is 1. The molecule has 118 valence electrons. The molecule has 1 saturated carbocycles. The Morgan fingerprint density at radius 3 is 2.55 bits per heavy atom. The van der Waals surface area contributed by atoms with Gasteiger partial charge in [0.25, 0.3) is 0 Å². The van der Waals surface area contributed by atoms with Crippen molar-refractivity contribution in [3.05, 3.63) is 0 Å². The Kier molecular flexibility index (Phi) is 6.96.